The van der Waals surface area contributed by atoms with Crippen LogP contribution in [0, 0.1) is 5.92 Å². The van der Waals surface area contributed by atoms with E-state index in [1.165, 1.54) is 5.57 Å². The van der Waals surface area contributed by atoms with Gasteiger partial charge in [-0.1, -0.05) is 38.0 Å². The van der Waals surface area contributed by atoms with Crippen LogP contribution in [-0.2, 0) is 9.53 Å². The van der Waals surface area contributed by atoms with E-state index in [4.69, 9.17) is 4.74 Å². The smallest absolute Gasteiger partial charge is 0.330 e. The molecule has 98 valence electrons. The molecule has 0 aromatic rings. The first-order valence-electron chi connectivity index (χ1n) is 6.54. The van der Waals surface area contributed by atoms with Gasteiger partial charge >= 0.3 is 5.97 Å². The number of rotatable bonds is 8. The minimum atomic E-state index is -0.215. The first-order valence-corrected chi connectivity index (χ1v) is 6.54. The lowest BCUT2D eigenvalue weighted by molar-refractivity contribution is -0.137. The van der Waals surface area contributed by atoms with Gasteiger partial charge in [-0.15, -0.1) is 0 Å². The normalized spacial score (nSPS) is 12.5. The van der Waals surface area contributed by atoms with Crippen molar-refractivity contribution in [3.05, 3.63) is 23.8 Å². The van der Waals surface area contributed by atoms with Crippen LogP contribution < -0.4 is 0 Å². The van der Waals surface area contributed by atoms with Crippen LogP contribution in [0.4, 0.5) is 0 Å². The maximum atomic E-state index is 11.3. The number of unbranched alkanes of at least 4 members (excludes halogenated alkanes) is 1. The van der Waals surface area contributed by atoms with Crippen LogP contribution >= 0.6 is 0 Å². The third-order valence-corrected chi connectivity index (χ3v) is 2.48. The van der Waals surface area contributed by atoms with Crippen LogP contribution in [0.15, 0.2) is 23.8 Å². The molecule has 0 aliphatic rings. The van der Waals surface area contributed by atoms with E-state index in [1.807, 2.05) is 6.08 Å². The molecule has 0 bridgehead atoms. The van der Waals surface area contributed by atoms with E-state index in [0.717, 1.165) is 25.7 Å². The Morgan fingerprint density at radius 3 is 2.65 bits per heavy atom. The van der Waals surface area contributed by atoms with Gasteiger partial charge in [0.1, 0.15) is 0 Å². The average molecular weight is 238 g/mol. The summed E-state index contributed by atoms with van der Waals surface area (Å²) >= 11 is 0. The molecule has 0 aliphatic carbocycles. The first-order chi connectivity index (χ1) is 8.06. The van der Waals surface area contributed by atoms with Crippen molar-refractivity contribution in [3.63, 3.8) is 0 Å². The van der Waals surface area contributed by atoms with Crippen LogP contribution in [0.25, 0.3) is 0 Å². The Morgan fingerprint density at radius 2 is 2.06 bits per heavy atom. The molecule has 1 atom stereocenters. The number of hydrogen-bond acceptors (Lipinski definition) is 2. The van der Waals surface area contributed by atoms with Crippen LogP contribution in [0.1, 0.15) is 53.4 Å². The summed E-state index contributed by atoms with van der Waals surface area (Å²) in [6, 6.07) is 0. The van der Waals surface area contributed by atoms with Crippen molar-refractivity contribution in [1.82, 2.24) is 0 Å². The highest BCUT2D eigenvalue weighted by atomic mass is 16.5. The summed E-state index contributed by atoms with van der Waals surface area (Å²) < 4.78 is 5.04. The summed E-state index contributed by atoms with van der Waals surface area (Å²) in [7, 11) is 0. The molecule has 0 saturated heterocycles. The average Bonchev–Trinajstić information content (AvgIpc) is 2.26. The van der Waals surface area contributed by atoms with E-state index < -0.39 is 0 Å². The number of carbonyl (C=O) groups excluding carboxylic acids is 1. The Labute approximate surface area is 106 Å². The third kappa shape index (κ3) is 11.2. The number of ether oxygens (including phenoxy) is 1. The van der Waals surface area contributed by atoms with Gasteiger partial charge in [0.25, 0.3) is 0 Å². The second-order valence-electron chi connectivity index (χ2n) is 4.72. The van der Waals surface area contributed by atoms with E-state index in [0.29, 0.717) is 12.5 Å². The highest BCUT2D eigenvalue weighted by Crippen LogP contribution is 2.09. The van der Waals surface area contributed by atoms with Crippen molar-refractivity contribution < 1.29 is 9.53 Å². The highest BCUT2D eigenvalue weighted by molar-refractivity contribution is 5.81. The van der Waals surface area contributed by atoms with Crippen LogP contribution in [0.3, 0.4) is 0 Å². The standard InChI is InChI=1S/C15H26O2/c1-5-6-12-17-15(16)11-10-14(4)9-7-8-13(2)3/h8,10-11,14H,5-7,9,12H2,1-4H3/b11-10+. The molecule has 2 nitrogen and oxygen atoms in total. The summed E-state index contributed by atoms with van der Waals surface area (Å²) in [5.41, 5.74) is 1.35. The Morgan fingerprint density at radius 1 is 1.35 bits per heavy atom. The predicted octanol–water partition coefficient (Wildman–Crippen LogP) is 4.27. The van der Waals surface area contributed by atoms with E-state index in [-0.39, 0.29) is 5.97 Å². The second kappa shape index (κ2) is 10.1. The van der Waals surface area contributed by atoms with Gasteiger partial charge in [0.2, 0.25) is 0 Å². The summed E-state index contributed by atoms with van der Waals surface area (Å²) in [6.45, 7) is 8.94. The van der Waals surface area contributed by atoms with Gasteiger partial charge in [0.05, 0.1) is 6.61 Å². The molecule has 0 fully saturated rings. The zero-order valence-electron chi connectivity index (χ0n) is 11.7. The van der Waals surface area contributed by atoms with Gasteiger partial charge < -0.3 is 4.74 Å². The van der Waals surface area contributed by atoms with Gasteiger partial charge in [-0.05, 0) is 39.0 Å². The zero-order chi connectivity index (χ0) is 13.1. The molecule has 0 heterocycles. The number of allylic oxidation sites excluding steroid dienone is 3. The largest absolute Gasteiger partial charge is 0.463 e. The summed E-state index contributed by atoms with van der Waals surface area (Å²) in [5, 5.41) is 0. The molecule has 2 heteroatoms. The van der Waals surface area contributed by atoms with Crippen LogP contribution in [0.2, 0.25) is 0 Å². The lowest BCUT2D eigenvalue weighted by Gasteiger charge is -2.04. The number of carbonyl (C=O) groups is 1. The third-order valence-electron chi connectivity index (χ3n) is 2.48. The summed E-state index contributed by atoms with van der Waals surface area (Å²) in [6.07, 6.45) is 9.86. The fourth-order valence-corrected chi connectivity index (χ4v) is 1.34. The van der Waals surface area contributed by atoms with Gasteiger partial charge in [0, 0.05) is 6.08 Å². The Balaban J connectivity index is 3.74. The molecule has 0 aromatic carbocycles. The topological polar surface area (TPSA) is 26.3 Å². The number of esters is 1. The maximum absolute atomic E-state index is 11.3. The molecule has 0 amide bonds. The molecule has 1 unspecified atom stereocenters. The van der Waals surface area contributed by atoms with E-state index in [1.54, 1.807) is 6.08 Å². The fourth-order valence-electron chi connectivity index (χ4n) is 1.34. The van der Waals surface area contributed by atoms with Crippen molar-refractivity contribution in [2.45, 2.75) is 53.4 Å². The SMILES string of the molecule is CCCCOC(=O)/C=C/C(C)CCC=C(C)C. The Hall–Kier alpha value is -1.05. The number of hydrogen-bond donors (Lipinski definition) is 0. The summed E-state index contributed by atoms with van der Waals surface area (Å²) in [4.78, 5) is 11.3. The molecular formula is C15H26O2. The van der Waals surface area contributed by atoms with E-state index >= 15 is 0 Å². The monoisotopic (exact) mass is 238 g/mol. The molecule has 0 saturated carbocycles. The van der Waals surface area contributed by atoms with E-state index in [2.05, 4.69) is 33.8 Å². The van der Waals surface area contributed by atoms with Gasteiger partial charge in [-0.2, -0.15) is 0 Å². The second-order valence-corrected chi connectivity index (χ2v) is 4.72. The molecular weight excluding hydrogens is 212 g/mol. The molecule has 0 radical (unpaired) electrons. The van der Waals surface area contributed by atoms with Crippen molar-refractivity contribution in [2.75, 3.05) is 6.61 Å². The lowest BCUT2D eigenvalue weighted by atomic mass is 10.0. The molecule has 17 heavy (non-hydrogen) atoms. The Bertz CT molecular complexity index is 260. The summed E-state index contributed by atoms with van der Waals surface area (Å²) in [5.74, 6) is 0.205. The molecule has 0 aliphatic heterocycles. The molecule has 0 rings (SSSR count). The molecule has 0 N–H and O–H groups in total. The van der Waals surface area contributed by atoms with Gasteiger partial charge in [0.15, 0.2) is 0 Å². The van der Waals surface area contributed by atoms with E-state index in [9.17, 15) is 4.79 Å². The minimum absolute atomic E-state index is 0.215. The zero-order valence-corrected chi connectivity index (χ0v) is 11.7. The van der Waals surface area contributed by atoms with Gasteiger partial charge in [-0.25, -0.2) is 4.79 Å². The van der Waals surface area contributed by atoms with Crippen LogP contribution in [0.5, 0.6) is 0 Å². The van der Waals surface area contributed by atoms with Crippen molar-refractivity contribution in [3.8, 4) is 0 Å². The Kier molecular flexibility index (Phi) is 9.50. The van der Waals surface area contributed by atoms with Gasteiger partial charge in [-0.3, -0.25) is 0 Å². The maximum Gasteiger partial charge on any atom is 0.330 e. The molecule has 0 spiro atoms. The van der Waals surface area contributed by atoms with Crippen LogP contribution in [-0.4, -0.2) is 12.6 Å². The lowest BCUT2D eigenvalue weighted by Crippen LogP contribution is -2.02. The first kappa shape index (κ1) is 16.0. The van der Waals surface area contributed by atoms with Crippen molar-refractivity contribution >= 4 is 5.97 Å². The molecule has 0 aromatic heterocycles. The quantitative estimate of drug-likeness (QED) is 0.273. The predicted molar refractivity (Wildman–Crippen MR) is 72.8 cm³/mol. The highest BCUT2D eigenvalue weighted by Gasteiger charge is 1.99. The van der Waals surface area contributed by atoms with Crippen molar-refractivity contribution in [2.24, 2.45) is 5.92 Å². The fraction of sp³-hybridized carbons (Fsp3) is 0.667. The van der Waals surface area contributed by atoms with Crippen molar-refractivity contribution in [1.29, 1.82) is 0 Å². The minimum Gasteiger partial charge on any atom is -0.463 e.